The van der Waals surface area contributed by atoms with Crippen molar-refractivity contribution in [3.63, 3.8) is 0 Å². The second-order valence-corrected chi connectivity index (χ2v) is 4.57. The predicted molar refractivity (Wildman–Crippen MR) is 74.4 cm³/mol. The van der Waals surface area contributed by atoms with Crippen LogP contribution in [0.3, 0.4) is 0 Å². The van der Waals surface area contributed by atoms with Crippen molar-refractivity contribution >= 4 is 0 Å². The molecule has 20 heavy (non-hydrogen) atoms. The van der Waals surface area contributed by atoms with Crippen LogP contribution >= 0.6 is 0 Å². The van der Waals surface area contributed by atoms with Crippen LogP contribution in [0.15, 0.2) is 35.2 Å². The molecule has 2 aromatic rings. The van der Waals surface area contributed by atoms with Crippen molar-refractivity contribution in [3.05, 3.63) is 42.4 Å². The van der Waals surface area contributed by atoms with Crippen molar-refractivity contribution < 1.29 is 13.9 Å². The van der Waals surface area contributed by atoms with Crippen LogP contribution in [0.2, 0.25) is 0 Å². The lowest BCUT2D eigenvalue weighted by molar-refractivity contribution is 0.0275. The summed E-state index contributed by atoms with van der Waals surface area (Å²) in [6, 6.07) is 3.69. The topological polar surface area (TPSA) is 61.5 Å². The lowest BCUT2D eigenvalue weighted by atomic mass is 10.2. The number of aromatic nitrogens is 2. The third-order valence-electron chi connectivity index (χ3n) is 3.18. The molecule has 0 radical (unpaired) electrons. The molecule has 0 aliphatic rings. The molecular formula is C14H21N3O3. The van der Waals surface area contributed by atoms with Gasteiger partial charge >= 0.3 is 0 Å². The Bertz CT molecular complexity index is 495. The summed E-state index contributed by atoms with van der Waals surface area (Å²) in [5.74, 6) is 1.72. The van der Waals surface area contributed by atoms with Gasteiger partial charge in [0, 0.05) is 40.2 Å². The van der Waals surface area contributed by atoms with Gasteiger partial charge in [-0.3, -0.25) is 5.32 Å². The molecule has 0 aliphatic carbocycles. The summed E-state index contributed by atoms with van der Waals surface area (Å²) in [6.07, 6.45) is 5.33. The fourth-order valence-corrected chi connectivity index (χ4v) is 2.08. The van der Waals surface area contributed by atoms with Gasteiger partial charge in [0.2, 0.25) is 0 Å². The van der Waals surface area contributed by atoms with E-state index < -0.39 is 0 Å². The SMILES string of the molecule is COCC(CNC(c1ccco1)c1nccn1C)OC. The number of nitrogens with one attached hydrogen (secondary N) is 1. The van der Waals surface area contributed by atoms with Gasteiger partial charge in [0.25, 0.3) is 0 Å². The Morgan fingerprint density at radius 1 is 1.45 bits per heavy atom. The number of ether oxygens (including phenoxy) is 2. The summed E-state index contributed by atoms with van der Waals surface area (Å²) in [5, 5.41) is 3.42. The van der Waals surface area contributed by atoms with Crippen LogP contribution in [0, 0.1) is 0 Å². The second-order valence-electron chi connectivity index (χ2n) is 4.57. The van der Waals surface area contributed by atoms with Gasteiger partial charge in [-0.15, -0.1) is 0 Å². The van der Waals surface area contributed by atoms with E-state index in [0.29, 0.717) is 13.2 Å². The highest BCUT2D eigenvalue weighted by atomic mass is 16.5. The summed E-state index contributed by atoms with van der Waals surface area (Å²) in [5.41, 5.74) is 0. The largest absolute Gasteiger partial charge is 0.467 e. The minimum absolute atomic E-state index is 0.0160. The van der Waals surface area contributed by atoms with Crippen LogP contribution in [-0.2, 0) is 16.5 Å². The monoisotopic (exact) mass is 279 g/mol. The van der Waals surface area contributed by atoms with Gasteiger partial charge in [0.15, 0.2) is 0 Å². The third kappa shape index (κ3) is 3.47. The zero-order chi connectivity index (χ0) is 14.4. The Morgan fingerprint density at radius 3 is 2.85 bits per heavy atom. The molecule has 0 saturated carbocycles. The molecule has 6 nitrogen and oxygen atoms in total. The first-order valence-electron chi connectivity index (χ1n) is 6.52. The minimum Gasteiger partial charge on any atom is -0.467 e. The zero-order valence-electron chi connectivity index (χ0n) is 12.1. The Balaban J connectivity index is 2.10. The summed E-state index contributed by atoms with van der Waals surface area (Å²) in [4.78, 5) is 4.39. The lowest BCUT2D eigenvalue weighted by Gasteiger charge is -2.20. The van der Waals surface area contributed by atoms with Crippen molar-refractivity contribution in [1.29, 1.82) is 0 Å². The van der Waals surface area contributed by atoms with Crippen LogP contribution in [0.25, 0.3) is 0 Å². The zero-order valence-corrected chi connectivity index (χ0v) is 12.1. The van der Waals surface area contributed by atoms with Crippen molar-refractivity contribution in [2.24, 2.45) is 7.05 Å². The van der Waals surface area contributed by atoms with Crippen molar-refractivity contribution in [3.8, 4) is 0 Å². The Labute approximate surface area is 118 Å². The minimum atomic E-state index is -0.112. The van der Waals surface area contributed by atoms with E-state index in [1.165, 1.54) is 0 Å². The summed E-state index contributed by atoms with van der Waals surface area (Å²) < 4.78 is 18.0. The number of aryl methyl sites for hydroxylation is 1. The summed E-state index contributed by atoms with van der Waals surface area (Å²) >= 11 is 0. The highest BCUT2D eigenvalue weighted by Crippen LogP contribution is 2.20. The molecular weight excluding hydrogens is 258 g/mol. The van der Waals surface area contributed by atoms with E-state index >= 15 is 0 Å². The molecule has 2 unspecified atom stereocenters. The number of hydrogen-bond donors (Lipinski definition) is 1. The molecule has 2 heterocycles. The van der Waals surface area contributed by atoms with Crippen LogP contribution < -0.4 is 5.32 Å². The number of methoxy groups -OCH3 is 2. The Morgan fingerprint density at radius 2 is 2.30 bits per heavy atom. The third-order valence-corrected chi connectivity index (χ3v) is 3.18. The first-order chi connectivity index (χ1) is 9.76. The molecule has 2 aromatic heterocycles. The van der Waals surface area contributed by atoms with Crippen LogP contribution in [-0.4, -0.2) is 43.0 Å². The maximum atomic E-state index is 5.51. The van der Waals surface area contributed by atoms with E-state index in [1.807, 2.05) is 29.9 Å². The predicted octanol–water partition coefficient (Wildman–Crippen LogP) is 1.35. The molecule has 2 rings (SSSR count). The van der Waals surface area contributed by atoms with Crippen molar-refractivity contribution in [2.45, 2.75) is 12.1 Å². The fraction of sp³-hybridized carbons (Fsp3) is 0.500. The van der Waals surface area contributed by atoms with E-state index in [1.54, 1.807) is 26.7 Å². The highest BCUT2D eigenvalue weighted by molar-refractivity contribution is 5.15. The van der Waals surface area contributed by atoms with Crippen LogP contribution in [0.4, 0.5) is 0 Å². The Kier molecular flexibility index (Phi) is 5.34. The number of nitrogens with zero attached hydrogens (tertiary/aromatic N) is 2. The van der Waals surface area contributed by atoms with Gasteiger partial charge in [-0.1, -0.05) is 0 Å². The van der Waals surface area contributed by atoms with Gasteiger partial charge in [-0.25, -0.2) is 4.98 Å². The lowest BCUT2D eigenvalue weighted by Crippen LogP contribution is -2.35. The van der Waals surface area contributed by atoms with Gasteiger partial charge in [0.05, 0.1) is 19.0 Å². The normalized spacial score (nSPS) is 14.3. The number of hydrogen-bond acceptors (Lipinski definition) is 5. The number of rotatable bonds is 8. The smallest absolute Gasteiger partial charge is 0.133 e. The quantitative estimate of drug-likeness (QED) is 0.790. The van der Waals surface area contributed by atoms with Crippen LogP contribution in [0.5, 0.6) is 0 Å². The number of imidazole rings is 1. The van der Waals surface area contributed by atoms with Gasteiger partial charge in [-0.2, -0.15) is 0 Å². The fourth-order valence-electron chi connectivity index (χ4n) is 2.08. The second kappa shape index (κ2) is 7.23. The number of furan rings is 1. The average molecular weight is 279 g/mol. The van der Waals surface area contributed by atoms with E-state index in [9.17, 15) is 0 Å². The highest BCUT2D eigenvalue weighted by Gasteiger charge is 2.21. The molecule has 0 bridgehead atoms. The molecule has 0 amide bonds. The van der Waals surface area contributed by atoms with Crippen LogP contribution in [0.1, 0.15) is 17.6 Å². The molecule has 110 valence electrons. The maximum absolute atomic E-state index is 5.51. The van der Waals surface area contributed by atoms with Gasteiger partial charge < -0.3 is 18.5 Å². The molecule has 0 aromatic carbocycles. The molecule has 6 heteroatoms. The van der Waals surface area contributed by atoms with Crippen molar-refractivity contribution in [1.82, 2.24) is 14.9 Å². The first kappa shape index (κ1) is 14.8. The van der Waals surface area contributed by atoms with E-state index in [2.05, 4.69) is 10.3 Å². The standard InChI is InChI=1S/C14H21N3O3/c1-17-7-6-15-14(17)13(12-5-4-8-20-12)16-9-11(19-3)10-18-2/h4-8,11,13,16H,9-10H2,1-3H3. The van der Waals surface area contributed by atoms with E-state index in [0.717, 1.165) is 11.6 Å². The molecule has 1 N–H and O–H groups in total. The van der Waals surface area contributed by atoms with E-state index in [4.69, 9.17) is 13.9 Å². The summed E-state index contributed by atoms with van der Waals surface area (Å²) in [6.45, 7) is 1.18. The van der Waals surface area contributed by atoms with Gasteiger partial charge in [0.1, 0.15) is 17.6 Å². The van der Waals surface area contributed by atoms with Crippen molar-refractivity contribution in [2.75, 3.05) is 27.4 Å². The summed E-state index contributed by atoms with van der Waals surface area (Å²) in [7, 11) is 5.30. The van der Waals surface area contributed by atoms with Gasteiger partial charge in [-0.05, 0) is 12.1 Å². The molecule has 0 fully saturated rings. The average Bonchev–Trinajstić information content (AvgIpc) is 3.10. The van der Waals surface area contributed by atoms with E-state index in [-0.39, 0.29) is 12.1 Å². The Hall–Kier alpha value is -1.63. The first-order valence-corrected chi connectivity index (χ1v) is 6.52. The molecule has 2 atom stereocenters. The molecule has 0 saturated heterocycles. The molecule has 0 aliphatic heterocycles. The maximum Gasteiger partial charge on any atom is 0.133 e. The molecule has 0 spiro atoms.